The fraction of sp³-hybridized carbons (Fsp3) is 0.111. The number of anilines is 2. The van der Waals surface area contributed by atoms with E-state index in [1.165, 1.54) is 23.6 Å². The van der Waals surface area contributed by atoms with Gasteiger partial charge in [-0.1, -0.05) is 6.07 Å². The number of amides is 1. The van der Waals surface area contributed by atoms with E-state index in [0.29, 0.717) is 17.1 Å². The van der Waals surface area contributed by atoms with Crippen LogP contribution in [0.1, 0.15) is 33.7 Å². The average Bonchev–Trinajstić information content (AvgIpc) is 3.30. The summed E-state index contributed by atoms with van der Waals surface area (Å²) in [4.78, 5) is 34.3. The molecule has 0 aromatic carbocycles. The van der Waals surface area contributed by atoms with Gasteiger partial charge in [0, 0.05) is 29.7 Å². The van der Waals surface area contributed by atoms with Crippen LogP contribution in [0.15, 0.2) is 53.6 Å². The molecule has 0 radical (unpaired) electrons. The molecule has 3 aromatic heterocycles. The third-order valence-electron chi connectivity index (χ3n) is 4.37. The second-order valence-corrected chi connectivity index (χ2v) is 6.74. The third kappa shape index (κ3) is 2.87. The Balaban J connectivity index is 1.94. The Hall–Kier alpha value is -3.46. The van der Waals surface area contributed by atoms with Gasteiger partial charge in [0.05, 0.1) is 11.3 Å². The number of aromatic nitrogens is 2. The highest BCUT2D eigenvalue weighted by Crippen LogP contribution is 2.47. The zero-order valence-corrected chi connectivity index (χ0v) is 14.8. The molecule has 2 atom stereocenters. The van der Waals surface area contributed by atoms with Crippen LogP contribution in [0.4, 0.5) is 11.5 Å². The van der Waals surface area contributed by atoms with Crippen molar-refractivity contribution in [2.45, 2.75) is 12.2 Å². The maximum Gasteiger partial charge on any atom is 0.338 e. The zero-order valence-electron chi connectivity index (χ0n) is 13.9. The molecule has 4 N–H and O–H groups in total. The number of carboxylic acids is 1. The van der Waals surface area contributed by atoms with Crippen molar-refractivity contribution < 1.29 is 14.7 Å². The molecule has 1 amide bonds. The number of nitrogens with two attached hydrogens (primary N) is 1. The van der Waals surface area contributed by atoms with Gasteiger partial charge in [0.25, 0.3) is 0 Å². The smallest absolute Gasteiger partial charge is 0.338 e. The lowest BCUT2D eigenvalue weighted by Gasteiger charge is -2.33. The number of primary amides is 1. The number of fused-ring (bicyclic) bond motifs is 1. The highest BCUT2D eigenvalue weighted by molar-refractivity contribution is 7.08. The van der Waals surface area contributed by atoms with Crippen LogP contribution in [-0.4, -0.2) is 27.0 Å². The fourth-order valence-electron chi connectivity index (χ4n) is 3.27. The molecule has 3 aromatic rings. The Morgan fingerprint density at radius 2 is 2.15 bits per heavy atom. The van der Waals surface area contributed by atoms with Crippen LogP contribution < -0.4 is 16.0 Å². The fourth-order valence-corrected chi connectivity index (χ4v) is 3.95. The first-order valence-corrected chi connectivity index (χ1v) is 9.00. The van der Waals surface area contributed by atoms with Crippen LogP contribution in [0.25, 0.3) is 0 Å². The molecular weight excluding hydrogens is 366 g/mol. The van der Waals surface area contributed by atoms with Gasteiger partial charge in [-0.05, 0) is 29.0 Å². The molecule has 9 heteroatoms. The second-order valence-electron chi connectivity index (χ2n) is 5.96. The molecular formula is C18H15N5O3S. The number of carboxylic acid groups (broad SMARTS) is 1. The van der Waals surface area contributed by atoms with Crippen LogP contribution in [0.5, 0.6) is 0 Å². The number of pyridine rings is 2. The van der Waals surface area contributed by atoms with Gasteiger partial charge in [-0.3, -0.25) is 9.78 Å². The Morgan fingerprint density at radius 1 is 1.30 bits per heavy atom. The summed E-state index contributed by atoms with van der Waals surface area (Å²) in [6.07, 6.45) is 4.08. The van der Waals surface area contributed by atoms with Crippen LogP contribution in [0.2, 0.25) is 0 Å². The summed E-state index contributed by atoms with van der Waals surface area (Å²) in [5, 5.41) is 16.7. The molecule has 0 fully saturated rings. The van der Waals surface area contributed by atoms with Crippen LogP contribution in [-0.2, 0) is 4.79 Å². The predicted octanol–water partition coefficient (Wildman–Crippen LogP) is 2.39. The number of nitrogens with zero attached hydrogens (tertiary/aromatic N) is 3. The highest BCUT2D eigenvalue weighted by Gasteiger charge is 2.41. The average molecular weight is 381 g/mol. The molecule has 0 saturated carbocycles. The summed E-state index contributed by atoms with van der Waals surface area (Å²) >= 11 is 1.50. The number of carbonyl (C=O) groups excluding carboxylic acids is 1. The molecule has 2 unspecified atom stereocenters. The van der Waals surface area contributed by atoms with Gasteiger partial charge >= 0.3 is 5.97 Å². The topological polar surface area (TPSA) is 121 Å². The number of hydrogen-bond acceptors (Lipinski definition) is 7. The minimum Gasteiger partial charge on any atom is -0.478 e. The van der Waals surface area contributed by atoms with Crippen molar-refractivity contribution in [3.05, 3.63) is 70.3 Å². The number of nitrogens with one attached hydrogen (secondary N) is 1. The summed E-state index contributed by atoms with van der Waals surface area (Å²) in [7, 11) is 0. The summed E-state index contributed by atoms with van der Waals surface area (Å²) in [6.45, 7) is 0. The first kappa shape index (κ1) is 17.0. The Kier molecular flexibility index (Phi) is 4.21. The van der Waals surface area contributed by atoms with E-state index in [2.05, 4.69) is 15.3 Å². The maximum atomic E-state index is 12.5. The van der Waals surface area contributed by atoms with Crippen molar-refractivity contribution in [2.75, 3.05) is 10.2 Å². The van der Waals surface area contributed by atoms with E-state index in [0.717, 1.165) is 5.56 Å². The number of thiophene rings is 1. The molecule has 1 aliphatic rings. The minimum absolute atomic E-state index is 0.0420. The number of rotatable bonds is 5. The van der Waals surface area contributed by atoms with Crippen LogP contribution in [0, 0.1) is 0 Å². The van der Waals surface area contributed by atoms with Gasteiger partial charge in [-0.25, -0.2) is 9.78 Å². The summed E-state index contributed by atoms with van der Waals surface area (Å²) < 4.78 is 0. The largest absolute Gasteiger partial charge is 0.478 e. The lowest BCUT2D eigenvalue weighted by Crippen LogP contribution is -2.40. The van der Waals surface area contributed by atoms with Crippen molar-refractivity contribution >= 4 is 34.7 Å². The van der Waals surface area contributed by atoms with Crippen molar-refractivity contribution in [1.29, 1.82) is 0 Å². The van der Waals surface area contributed by atoms with Crippen molar-refractivity contribution in [3.63, 3.8) is 0 Å². The van der Waals surface area contributed by atoms with Gasteiger partial charge in [-0.2, -0.15) is 11.3 Å². The maximum absolute atomic E-state index is 12.5. The molecule has 0 aliphatic carbocycles. The molecule has 8 nitrogen and oxygen atoms in total. The molecule has 4 heterocycles. The number of aromatic carboxylic acids is 1. The van der Waals surface area contributed by atoms with E-state index in [9.17, 15) is 14.7 Å². The normalized spacial score (nSPS) is 16.4. The summed E-state index contributed by atoms with van der Waals surface area (Å²) in [6, 6.07) is 5.84. The van der Waals surface area contributed by atoms with E-state index in [4.69, 9.17) is 5.73 Å². The van der Waals surface area contributed by atoms with E-state index < -0.39 is 24.1 Å². The molecule has 27 heavy (non-hydrogen) atoms. The van der Waals surface area contributed by atoms with E-state index in [1.807, 2.05) is 16.8 Å². The molecule has 0 saturated heterocycles. The standard InChI is InChI=1S/C18H15N5O3S/c19-15(24)13(10-2-1-5-20-8-10)23-14-12(18(25)26)3-6-21-16(14)22-17(23)11-4-7-27-9-11/h1-9,13,17H,(H2,19,24)(H,21,22)(H,25,26). The van der Waals surface area contributed by atoms with Gasteiger partial charge in [0.1, 0.15) is 12.2 Å². The molecule has 1 aliphatic heterocycles. The van der Waals surface area contributed by atoms with Crippen molar-refractivity contribution in [1.82, 2.24) is 9.97 Å². The van der Waals surface area contributed by atoms with Crippen LogP contribution in [0.3, 0.4) is 0 Å². The van der Waals surface area contributed by atoms with Gasteiger partial charge < -0.3 is 21.1 Å². The lowest BCUT2D eigenvalue weighted by molar-refractivity contribution is -0.119. The number of hydrogen-bond donors (Lipinski definition) is 3. The SMILES string of the molecule is NC(=O)C(c1cccnc1)N1c2c(C(=O)O)ccnc2NC1c1ccsc1. The minimum atomic E-state index is -1.11. The molecule has 136 valence electrons. The predicted molar refractivity (Wildman–Crippen MR) is 101 cm³/mol. The van der Waals surface area contributed by atoms with Gasteiger partial charge in [-0.15, -0.1) is 0 Å². The Morgan fingerprint density at radius 3 is 2.78 bits per heavy atom. The van der Waals surface area contributed by atoms with Gasteiger partial charge in [0.15, 0.2) is 5.82 Å². The Labute approximate surface area is 158 Å². The molecule has 0 spiro atoms. The monoisotopic (exact) mass is 381 g/mol. The first-order valence-electron chi connectivity index (χ1n) is 8.06. The van der Waals surface area contributed by atoms with E-state index in [-0.39, 0.29) is 5.56 Å². The van der Waals surface area contributed by atoms with Gasteiger partial charge in [0.2, 0.25) is 5.91 Å². The lowest BCUT2D eigenvalue weighted by atomic mass is 10.0. The first-order chi connectivity index (χ1) is 13.1. The summed E-state index contributed by atoms with van der Waals surface area (Å²) in [5.41, 5.74) is 7.56. The van der Waals surface area contributed by atoms with E-state index in [1.54, 1.807) is 29.4 Å². The summed E-state index contributed by atoms with van der Waals surface area (Å²) in [5.74, 6) is -1.33. The van der Waals surface area contributed by atoms with Crippen LogP contribution >= 0.6 is 11.3 Å². The zero-order chi connectivity index (χ0) is 19.0. The quantitative estimate of drug-likeness (QED) is 0.620. The van der Waals surface area contributed by atoms with Crippen molar-refractivity contribution in [2.24, 2.45) is 5.73 Å². The highest BCUT2D eigenvalue weighted by atomic mass is 32.1. The third-order valence-corrected chi connectivity index (χ3v) is 5.07. The number of carbonyl (C=O) groups is 2. The van der Waals surface area contributed by atoms with Crippen molar-refractivity contribution in [3.8, 4) is 0 Å². The van der Waals surface area contributed by atoms with E-state index >= 15 is 0 Å². The molecule has 4 rings (SSSR count). The Bertz CT molecular complexity index is 993. The molecule has 0 bridgehead atoms. The second kappa shape index (κ2) is 6.69.